The predicted molar refractivity (Wildman–Crippen MR) is 248 cm³/mol. The van der Waals surface area contributed by atoms with Gasteiger partial charge in [-0.15, -0.1) is 29.3 Å². The summed E-state index contributed by atoms with van der Waals surface area (Å²) >= 11 is 0. The number of pyridine rings is 1. The minimum atomic E-state index is -2.79. The first kappa shape index (κ1) is 35.2. The summed E-state index contributed by atoms with van der Waals surface area (Å²) in [4.78, 5) is 10.3. The monoisotopic (exact) mass is 973 g/mol. The van der Waals surface area contributed by atoms with Gasteiger partial charge in [-0.05, 0) is 113 Å². The molecule has 0 bridgehead atoms. The van der Waals surface area contributed by atoms with Gasteiger partial charge in [0.15, 0.2) is 0 Å². The molecule has 0 aliphatic carbocycles. The Bertz CT molecular complexity index is 3070. The van der Waals surface area contributed by atoms with Crippen LogP contribution >= 0.6 is 0 Å². The van der Waals surface area contributed by atoms with E-state index in [-0.39, 0.29) is 60.8 Å². The molecule has 0 aliphatic rings. The molecule has 6 aromatic carbocycles. The molecule has 2 heterocycles. The first-order chi connectivity index (χ1) is 30.6. The van der Waals surface area contributed by atoms with Gasteiger partial charge in [0.05, 0.1) is 16.6 Å². The van der Waals surface area contributed by atoms with Gasteiger partial charge in [0, 0.05) is 46.9 Å². The Morgan fingerprint density at radius 2 is 1.45 bits per heavy atom. The van der Waals surface area contributed by atoms with Gasteiger partial charge in [-0.25, -0.2) is 4.98 Å². The Morgan fingerprint density at radius 1 is 0.700 bits per heavy atom. The third-order valence-electron chi connectivity index (χ3n) is 11.3. The number of imidazole rings is 1. The number of nitrogens with zero attached hydrogens (tertiary/aromatic N) is 3. The number of phenolic OH excluding ortho intramolecular Hbond substituents is 1. The molecule has 5 heteroatoms. The van der Waals surface area contributed by atoms with E-state index < -0.39 is 13.7 Å². The van der Waals surface area contributed by atoms with Crippen LogP contribution in [0.15, 0.2) is 128 Å². The van der Waals surface area contributed by atoms with Gasteiger partial charge in [0.25, 0.3) is 0 Å². The van der Waals surface area contributed by atoms with Crippen molar-refractivity contribution >= 4 is 11.0 Å². The molecule has 8 aromatic rings. The Balaban J connectivity index is 0.00000648. The van der Waals surface area contributed by atoms with Gasteiger partial charge in [0.1, 0.15) is 11.6 Å². The zero-order chi connectivity index (χ0) is 46.7. The number of benzene rings is 6. The van der Waals surface area contributed by atoms with Crippen LogP contribution in [-0.2, 0) is 26.5 Å². The Labute approximate surface area is 379 Å². The molecule has 0 spiro atoms. The second-order valence-electron chi connectivity index (χ2n) is 17.3. The summed E-state index contributed by atoms with van der Waals surface area (Å²) in [6, 6.07) is 42.6. The SMILES string of the molecule is [2H]C([2H])([2H])c1cc(-n2c(-c3cc(C(C)C)cc(C(C)C)c3O)nc3c(-c4[c-]c(-c5cc(-c6ccc(C)cc6)ccn5)cc(C(C)(C)C)c4)cccc32)cc(-c2ccccc2)c1C([2H])([2H])[2H].[Pt]. The molecule has 0 atom stereocenters. The maximum atomic E-state index is 12.2. The molecule has 0 fully saturated rings. The molecule has 1 N–H and O–H groups in total. The molecule has 4 nitrogen and oxygen atoms in total. The average Bonchev–Trinajstić information content (AvgIpc) is 3.65. The van der Waals surface area contributed by atoms with Crippen LogP contribution in [-0.4, -0.2) is 19.6 Å². The summed E-state index contributed by atoms with van der Waals surface area (Å²) in [6.45, 7) is 11.3. The van der Waals surface area contributed by atoms with Gasteiger partial charge in [-0.3, -0.25) is 9.55 Å². The van der Waals surface area contributed by atoms with E-state index in [4.69, 9.17) is 18.2 Å². The molecular formula is C55H54N3OPt-. The molecule has 2 aromatic heterocycles. The normalized spacial score (nSPS) is 13.6. The van der Waals surface area contributed by atoms with Crippen LogP contribution < -0.4 is 0 Å². The van der Waals surface area contributed by atoms with Gasteiger partial charge >= 0.3 is 0 Å². The number of fused-ring (bicyclic) bond motifs is 1. The van der Waals surface area contributed by atoms with Crippen molar-refractivity contribution in [1.82, 2.24) is 14.5 Å². The molecule has 0 saturated carbocycles. The Hall–Kier alpha value is -5.57. The summed E-state index contributed by atoms with van der Waals surface area (Å²) in [6.07, 6.45) is 1.83. The Kier molecular flexibility index (Phi) is 9.87. The Morgan fingerprint density at radius 3 is 2.13 bits per heavy atom. The van der Waals surface area contributed by atoms with E-state index in [1.807, 2.05) is 67.1 Å². The first-order valence-electron chi connectivity index (χ1n) is 23.3. The van der Waals surface area contributed by atoms with Crippen LogP contribution in [0.3, 0.4) is 0 Å². The minimum Gasteiger partial charge on any atom is -0.507 e. The maximum Gasteiger partial charge on any atom is 0.148 e. The molecule has 60 heavy (non-hydrogen) atoms. The maximum absolute atomic E-state index is 12.2. The molecule has 306 valence electrons. The third-order valence-corrected chi connectivity index (χ3v) is 11.3. The van der Waals surface area contributed by atoms with Crippen molar-refractivity contribution in [3.8, 4) is 67.5 Å². The third kappa shape index (κ3) is 8.15. The van der Waals surface area contributed by atoms with Crippen molar-refractivity contribution in [2.45, 2.75) is 86.3 Å². The molecule has 0 radical (unpaired) electrons. The fourth-order valence-electron chi connectivity index (χ4n) is 7.77. The van der Waals surface area contributed by atoms with E-state index in [1.54, 1.807) is 30.3 Å². The van der Waals surface area contributed by atoms with Crippen molar-refractivity contribution in [3.05, 3.63) is 167 Å². The topological polar surface area (TPSA) is 50.9 Å². The zero-order valence-electron chi connectivity index (χ0n) is 41.4. The van der Waals surface area contributed by atoms with Crippen molar-refractivity contribution in [3.63, 3.8) is 0 Å². The molecule has 0 aliphatic heterocycles. The molecule has 0 unspecified atom stereocenters. The van der Waals surface area contributed by atoms with Gasteiger partial charge in [-0.2, -0.15) is 0 Å². The van der Waals surface area contributed by atoms with Crippen LogP contribution in [0.5, 0.6) is 5.75 Å². The smallest absolute Gasteiger partial charge is 0.148 e. The standard InChI is InChI=1S/C55H54N3O.Pt/c1-33(2)41-29-47(34(3)4)53(59)49(30-41)54-57-52-46(17-14-18-51(52)58(54)45-25-36(6)37(7)48(32-45)39-15-12-11-13-16-39)42-26-43(28-44(27-42)55(8,9)10)50-31-40(23-24-56-50)38-21-19-35(5)20-22-38;/h11-25,27-34,59H,1-10H3;/q-1;/i6D3,7D3;. The number of aryl methyl sites for hydroxylation is 2. The zero-order valence-corrected chi connectivity index (χ0v) is 37.7. The second kappa shape index (κ2) is 16.8. The number of phenols is 1. The van der Waals surface area contributed by atoms with Crippen molar-refractivity contribution in [2.75, 3.05) is 0 Å². The number of rotatable bonds is 8. The van der Waals surface area contributed by atoms with E-state index in [0.29, 0.717) is 33.7 Å². The summed E-state index contributed by atoms with van der Waals surface area (Å²) < 4.78 is 54.0. The van der Waals surface area contributed by atoms with Crippen molar-refractivity contribution < 1.29 is 34.4 Å². The molecule has 0 amide bonds. The number of hydrogen-bond acceptors (Lipinski definition) is 3. The van der Waals surface area contributed by atoms with Gasteiger partial charge in [0.2, 0.25) is 0 Å². The van der Waals surface area contributed by atoms with E-state index in [2.05, 4.69) is 90.1 Å². The fourth-order valence-corrected chi connectivity index (χ4v) is 7.77. The van der Waals surface area contributed by atoms with Gasteiger partial charge < -0.3 is 5.11 Å². The molecule has 8 rings (SSSR count). The van der Waals surface area contributed by atoms with E-state index in [9.17, 15) is 5.11 Å². The number of para-hydroxylation sites is 1. The largest absolute Gasteiger partial charge is 0.507 e. The fraction of sp³-hybridized carbons (Fsp3) is 0.236. The van der Waals surface area contributed by atoms with Crippen LogP contribution in [0.2, 0.25) is 0 Å². The predicted octanol–water partition coefficient (Wildman–Crippen LogP) is 14.7. The van der Waals surface area contributed by atoms with Crippen LogP contribution in [0.4, 0.5) is 0 Å². The van der Waals surface area contributed by atoms with Crippen molar-refractivity contribution in [2.24, 2.45) is 0 Å². The molecular weight excluding hydrogens is 914 g/mol. The first-order valence-corrected chi connectivity index (χ1v) is 20.3. The summed E-state index contributed by atoms with van der Waals surface area (Å²) in [5, 5.41) is 12.2. The summed E-state index contributed by atoms with van der Waals surface area (Å²) in [7, 11) is 0. The van der Waals surface area contributed by atoms with Crippen LogP contribution in [0.1, 0.15) is 102 Å². The van der Waals surface area contributed by atoms with Crippen LogP contribution in [0, 0.1) is 26.7 Å². The van der Waals surface area contributed by atoms with Gasteiger partial charge in [-0.1, -0.05) is 144 Å². The number of aromatic nitrogens is 3. The summed E-state index contributed by atoms with van der Waals surface area (Å²) in [5.74, 6) is 0.532. The van der Waals surface area contributed by atoms with Crippen LogP contribution in [0.25, 0.3) is 72.7 Å². The number of aromatic hydroxyl groups is 1. The quantitative estimate of drug-likeness (QED) is 0.154. The summed E-state index contributed by atoms with van der Waals surface area (Å²) in [5.41, 5.74) is 11.4. The molecule has 0 saturated heterocycles. The second-order valence-corrected chi connectivity index (χ2v) is 17.3. The van der Waals surface area contributed by atoms with E-state index >= 15 is 0 Å². The van der Waals surface area contributed by atoms with E-state index in [0.717, 1.165) is 50.2 Å². The minimum absolute atomic E-state index is 0. The average molecular weight is 974 g/mol. The number of hydrogen-bond donors (Lipinski definition) is 1. The van der Waals surface area contributed by atoms with E-state index in [1.165, 1.54) is 11.6 Å². The van der Waals surface area contributed by atoms with Crippen molar-refractivity contribution in [1.29, 1.82) is 0 Å².